The van der Waals surface area contributed by atoms with Gasteiger partial charge in [0.1, 0.15) is 17.4 Å². The predicted molar refractivity (Wildman–Crippen MR) is 124 cm³/mol. The van der Waals surface area contributed by atoms with E-state index in [2.05, 4.69) is 10.3 Å². The number of nitriles is 1. The van der Waals surface area contributed by atoms with E-state index in [1.807, 2.05) is 54.8 Å². The molecule has 0 aliphatic rings. The van der Waals surface area contributed by atoms with Crippen LogP contribution in [0, 0.1) is 25.2 Å². The highest BCUT2D eigenvalue weighted by Gasteiger charge is 2.16. The molecule has 0 spiro atoms. The number of benzene rings is 1. The molecule has 0 fully saturated rings. The molecule has 0 bridgehead atoms. The van der Waals surface area contributed by atoms with Gasteiger partial charge in [-0.15, -0.1) is 0 Å². The third-order valence-electron chi connectivity index (χ3n) is 4.81. The number of carbonyl (C=O) groups is 2. The first kappa shape index (κ1) is 23.6. The van der Waals surface area contributed by atoms with Crippen LogP contribution in [-0.2, 0) is 14.3 Å². The van der Waals surface area contributed by atoms with E-state index < -0.39 is 18.5 Å². The number of aromatic nitrogens is 2. The maximum atomic E-state index is 12.4. The van der Waals surface area contributed by atoms with Gasteiger partial charge in [-0.05, 0) is 68.0 Å². The van der Waals surface area contributed by atoms with Crippen molar-refractivity contribution in [3.63, 3.8) is 0 Å². The lowest BCUT2D eigenvalue weighted by Gasteiger charge is -2.10. The van der Waals surface area contributed by atoms with Crippen molar-refractivity contribution in [2.45, 2.75) is 13.8 Å². The summed E-state index contributed by atoms with van der Waals surface area (Å²) < 4.78 is 12.2. The summed E-state index contributed by atoms with van der Waals surface area (Å²) in [4.78, 5) is 28.3. The van der Waals surface area contributed by atoms with Crippen LogP contribution in [0.3, 0.4) is 0 Å². The average Bonchev–Trinajstić information content (AvgIpc) is 3.10. The fraction of sp³-hybridized carbons (Fsp3) is 0.167. The summed E-state index contributed by atoms with van der Waals surface area (Å²) in [5, 5.41) is 12.1. The molecule has 8 nitrogen and oxygen atoms in total. The van der Waals surface area contributed by atoms with E-state index in [9.17, 15) is 14.9 Å². The molecule has 0 unspecified atom stereocenters. The summed E-state index contributed by atoms with van der Waals surface area (Å²) >= 11 is 5.89. The molecule has 9 heteroatoms. The quantitative estimate of drug-likeness (QED) is 0.242. The van der Waals surface area contributed by atoms with Gasteiger partial charge in [0.15, 0.2) is 11.8 Å². The lowest BCUT2D eigenvalue weighted by molar-refractivity contribution is -0.142. The minimum atomic E-state index is -0.904. The van der Waals surface area contributed by atoms with Crippen LogP contribution in [-0.4, -0.2) is 35.1 Å². The number of nitrogens with zero attached hydrogens (tertiary/aromatic N) is 3. The second-order valence-electron chi connectivity index (χ2n) is 7.00. The number of carbonyl (C=O) groups excluding carboxylic acids is 2. The van der Waals surface area contributed by atoms with Gasteiger partial charge in [-0.3, -0.25) is 4.79 Å². The number of rotatable bonds is 7. The molecule has 3 rings (SSSR count). The molecule has 2 heterocycles. The molecule has 1 aromatic carbocycles. The zero-order valence-electron chi connectivity index (χ0n) is 18.3. The van der Waals surface area contributed by atoms with Gasteiger partial charge in [0.05, 0.1) is 12.8 Å². The predicted octanol–water partition coefficient (Wildman–Crippen LogP) is 4.24. The van der Waals surface area contributed by atoms with Crippen LogP contribution in [0.25, 0.3) is 11.8 Å². The minimum absolute atomic E-state index is 0.113. The lowest BCUT2D eigenvalue weighted by Crippen LogP contribution is -2.21. The van der Waals surface area contributed by atoms with Crippen molar-refractivity contribution in [1.82, 2.24) is 9.55 Å². The molecule has 2 aromatic heterocycles. The zero-order valence-corrected chi connectivity index (χ0v) is 19.0. The van der Waals surface area contributed by atoms with Crippen molar-refractivity contribution in [2.24, 2.45) is 0 Å². The number of halogens is 1. The van der Waals surface area contributed by atoms with Crippen LogP contribution in [0.15, 0.2) is 54.2 Å². The zero-order chi connectivity index (χ0) is 24.0. The smallest absolute Gasteiger partial charge is 0.349 e. The molecule has 0 radical (unpaired) electrons. The normalized spacial score (nSPS) is 10.9. The van der Waals surface area contributed by atoms with Crippen molar-refractivity contribution in [3.05, 3.63) is 76.3 Å². The second kappa shape index (κ2) is 10.5. The number of aryl methyl sites for hydroxylation is 1. The van der Waals surface area contributed by atoms with Crippen molar-refractivity contribution in [2.75, 3.05) is 19.0 Å². The molecular weight excluding hydrogens is 444 g/mol. The fourth-order valence-electron chi connectivity index (χ4n) is 3.23. The lowest BCUT2D eigenvalue weighted by atomic mass is 10.1. The third-order valence-corrected chi connectivity index (χ3v) is 5.11. The Morgan fingerprint density at radius 3 is 2.61 bits per heavy atom. The standard InChI is InChI=1S/C24H21ClN4O4/c1-15-11-17(16(2)29(15)19-6-8-20(32-3)9-7-19)12-18(13-26)24(31)33-14-22(30)28-21-5-4-10-27-23(21)25/h4-12H,14H2,1-3H3,(H,28,30)/b18-12-. The van der Waals surface area contributed by atoms with Crippen LogP contribution < -0.4 is 10.1 Å². The number of anilines is 1. The minimum Gasteiger partial charge on any atom is -0.497 e. The van der Waals surface area contributed by atoms with Crippen LogP contribution in [0.4, 0.5) is 5.69 Å². The van der Waals surface area contributed by atoms with Crippen molar-refractivity contribution < 1.29 is 19.1 Å². The highest BCUT2D eigenvalue weighted by atomic mass is 35.5. The summed E-state index contributed by atoms with van der Waals surface area (Å²) in [5.74, 6) is -0.766. The number of pyridine rings is 1. The van der Waals surface area contributed by atoms with Crippen molar-refractivity contribution >= 4 is 35.2 Å². The van der Waals surface area contributed by atoms with E-state index in [-0.39, 0.29) is 10.7 Å². The molecule has 3 aromatic rings. The first-order valence-corrected chi connectivity index (χ1v) is 10.2. The van der Waals surface area contributed by atoms with Gasteiger partial charge < -0.3 is 19.4 Å². The SMILES string of the molecule is COc1ccc(-n2c(C)cc(/C=C(/C#N)C(=O)OCC(=O)Nc3cccnc3Cl)c2C)cc1. The number of nitrogens with one attached hydrogen (secondary N) is 1. The summed E-state index contributed by atoms with van der Waals surface area (Å²) in [6.45, 7) is 3.23. The maximum Gasteiger partial charge on any atom is 0.349 e. The molecule has 0 atom stereocenters. The Bertz CT molecular complexity index is 1260. The average molecular weight is 465 g/mol. The Labute approximate surface area is 196 Å². The first-order chi connectivity index (χ1) is 15.8. The third kappa shape index (κ3) is 5.59. The number of hydrogen-bond acceptors (Lipinski definition) is 6. The molecule has 0 saturated carbocycles. The van der Waals surface area contributed by atoms with Gasteiger partial charge in [0, 0.05) is 23.3 Å². The van der Waals surface area contributed by atoms with Crippen molar-refractivity contribution in [3.8, 4) is 17.5 Å². The van der Waals surface area contributed by atoms with Gasteiger partial charge in [0.25, 0.3) is 5.91 Å². The topological polar surface area (TPSA) is 106 Å². The van der Waals surface area contributed by atoms with E-state index in [1.54, 1.807) is 19.2 Å². The molecule has 0 aliphatic carbocycles. The Morgan fingerprint density at radius 2 is 1.97 bits per heavy atom. The molecule has 1 amide bonds. The summed E-state index contributed by atoms with van der Waals surface area (Å²) in [6.07, 6.45) is 2.92. The molecule has 33 heavy (non-hydrogen) atoms. The van der Waals surface area contributed by atoms with Crippen molar-refractivity contribution in [1.29, 1.82) is 5.26 Å². The summed E-state index contributed by atoms with van der Waals surface area (Å²) in [5.41, 5.74) is 3.42. The van der Waals surface area contributed by atoms with Gasteiger partial charge in [0.2, 0.25) is 0 Å². The van der Waals surface area contributed by atoms with Gasteiger partial charge in [-0.1, -0.05) is 11.6 Å². The van der Waals surface area contributed by atoms with Crippen LogP contribution in [0.5, 0.6) is 5.75 Å². The fourth-order valence-corrected chi connectivity index (χ4v) is 3.40. The van der Waals surface area contributed by atoms with E-state index >= 15 is 0 Å². The molecule has 0 saturated heterocycles. The highest BCUT2D eigenvalue weighted by Crippen LogP contribution is 2.24. The Kier molecular flexibility index (Phi) is 7.49. The number of esters is 1. The van der Waals surface area contributed by atoms with E-state index in [1.165, 1.54) is 12.3 Å². The monoisotopic (exact) mass is 464 g/mol. The Morgan fingerprint density at radius 1 is 1.24 bits per heavy atom. The van der Waals surface area contributed by atoms with E-state index in [0.717, 1.165) is 22.8 Å². The van der Waals surface area contributed by atoms with Crippen LogP contribution >= 0.6 is 11.6 Å². The largest absolute Gasteiger partial charge is 0.497 e. The first-order valence-electron chi connectivity index (χ1n) is 9.86. The van der Waals surface area contributed by atoms with Crippen LogP contribution in [0.2, 0.25) is 5.15 Å². The second-order valence-corrected chi connectivity index (χ2v) is 7.35. The number of hydrogen-bond donors (Lipinski definition) is 1. The molecule has 0 aliphatic heterocycles. The highest BCUT2D eigenvalue weighted by molar-refractivity contribution is 6.32. The van der Waals surface area contributed by atoms with Gasteiger partial charge in [-0.2, -0.15) is 5.26 Å². The maximum absolute atomic E-state index is 12.4. The number of methoxy groups -OCH3 is 1. The van der Waals surface area contributed by atoms with Gasteiger partial charge >= 0.3 is 5.97 Å². The molecular formula is C24H21ClN4O4. The molecule has 168 valence electrons. The molecule has 1 N–H and O–H groups in total. The van der Waals surface area contributed by atoms with E-state index in [4.69, 9.17) is 21.1 Å². The Balaban J connectivity index is 1.73. The number of ether oxygens (including phenoxy) is 2. The van der Waals surface area contributed by atoms with Crippen LogP contribution in [0.1, 0.15) is 17.0 Å². The summed E-state index contributed by atoms with van der Waals surface area (Å²) in [6, 6.07) is 14.4. The Hall–Kier alpha value is -4.09. The summed E-state index contributed by atoms with van der Waals surface area (Å²) in [7, 11) is 1.60. The van der Waals surface area contributed by atoms with Gasteiger partial charge in [-0.25, -0.2) is 9.78 Å². The van der Waals surface area contributed by atoms with E-state index in [0.29, 0.717) is 11.3 Å². The number of amides is 1.